The van der Waals surface area contributed by atoms with E-state index >= 15 is 0 Å². The molecule has 3 N–H and O–H groups in total. The van der Waals surface area contributed by atoms with Crippen LogP contribution >= 0.6 is 0 Å². The van der Waals surface area contributed by atoms with Gasteiger partial charge in [0.1, 0.15) is 5.75 Å². The lowest BCUT2D eigenvalue weighted by Crippen LogP contribution is -2.29. The highest BCUT2D eigenvalue weighted by Crippen LogP contribution is 2.30. The SMILES string of the molecule is NNC(c1ccoc1)c1ccccc1OC(F)F. The van der Waals surface area contributed by atoms with Crippen LogP contribution in [0, 0.1) is 0 Å². The summed E-state index contributed by atoms with van der Waals surface area (Å²) in [5.41, 5.74) is 3.79. The van der Waals surface area contributed by atoms with Crippen molar-refractivity contribution in [3.8, 4) is 5.75 Å². The van der Waals surface area contributed by atoms with E-state index in [1.165, 1.54) is 18.6 Å². The summed E-state index contributed by atoms with van der Waals surface area (Å²) in [6.45, 7) is -2.88. The molecule has 0 bridgehead atoms. The van der Waals surface area contributed by atoms with Gasteiger partial charge in [0.05, 0.1) is 18.6 Å². The van der Waals surface area contributed by atoms with Crippen molar-refractivity contribution in [2.45, 2.75) is 12.7 Å². The monoisotopic (exact) mass is 254 g/mol. The van der Waals surface area contributed by atoms with Crippen LogP contribution in [0.2, 0.25) is 0 Å². The highest BCUT2D eigenvalue weighted by molar-refractivity contribution is 5.40. The molecule has 0 radical (unpaired) electrons. The molecule has 1 aromatic carbocycles. The molecule has 0 aliphatic heterocycles. The molecule has 2 rings (SSSR count). The molecule has 0 aliphatic carbocycles. The zero-order valence-corrected chi connectivity index (χ0v) is 9.35. The number of nitrogens with two attached hydrogens (primary N) is 1. The second kappa shape index (κ2) is 5.61. The lowest BCUT2D eigenvalue weighted by molar-refractivity contribution is -0.0506. The number of para-hydroxylation sites is 1. The second-order valence-corrected chi connectivity index (χ2v) is 3.57. The van der Waals surface area contributed by atoms with E-state index in [1.807, 2.05) is 0 Å². The van der Waals surface area contributed by atoms with Gasteiger partial charge in [-0.3, -0.25) is 5.84 Å². The molecule has 1 aromatic heterocycles. The molecular formula is C12H12F2N2O2. The summed E-state index contributed by atoms with van der Waals surface area (Å²) < 4.78 is 34.1. The number of nitrogens with one attached hydrogen (secondary N) is 1. The average molecular weight is 254 g/mol. The Kier molecular flexibility index (Phi) is 3.91. The minimum Gasteiger partial charge on any atom is -0.472 e. The zero-order valence-electron chi connectivity index (χ0n) is 9.35. The fraction of sp³-hybridized carbons (Fsp3) is 0.167. The maximum absolute atomic E-state index is 12.3. The van der Waals surface area contributed by atoms with E-state index in [0.717, 1.165) is 5.56 Å². The molecule has 1 unspecified atom stereocenters. The van der Waals surface area contributed by atoms with Crippen LogP contribution in [0.25, 0.3) is 0 Å². The Morgan fingerprint density at radius 1 is 1.22 bits per heavy atom. The number of hydrogen-bond acceptors (Lipinski definition) is 4. The first-order valence-corrected chi connectivity index (χ1v) is 5.24. The number of benzene rings is 1. The van der Waals surface area contributed by atoms with Gasteiger partial charge >= 0.3 is 6.61 Å². The predicted octanol–water partition coefficient (Wildman–Crippen LogP) is 2.43. The fourth-order valence-electron chi connectivity index (χ4n) is 1.73. The summed E-state index contributed by atoms with van der Waals surface area (Å²) >= 11 is 0. The van der Waals surface area contributed by atoms with Crippen molar-refractivity contribution in [3.05, 3.63) is 54.0 Å². The number of hydrogen-bond donors (Lipinski definition) is 2. The lowest BCUT2D eigenvalue weighted by atomic mass is 10.0. The van der Waals surface area contributed by atoms with E-state index in [0.29, 0.717) is 5.56 Å². The molecule has 1 heterocycles. The van der Waals surface area contributed by atoms with Crippen molar-refractivity contribution in [3.63, 3.8) is 0 Å². The quantitative estimate of drug-likeness (QED) is 0.635. The molecule has 4 nitrogen and oxygen atoms in total. The zero-order chi connectivity index (χ0) is 13.0. The molecule has 18 heavy (non-hydrogen) atoms. The number of ether oxygens (including phenoxy) is 1. The molecule has 0 saturated carbocycles. The Hall–Kier alpha value is -1.92. The van der Waals surface area contributed by atoms with Crippen molar-refractivity contribution in [1.82, 2.24) is 5.43 Å². The van der Waals surface area contributed by atoms with Crippen molar-refractivity contribution < 1.29 is 17.9 Å². The van der Waals surface area contributed by atoms with Crippen molar-refractivity contribution in [1.29, 1.82) is 0 Å². The molecular weight excluding hydrogens is 242 g/mol. The van der Waals surface area contributed by atoms with E-state index in [9.17, 15) is 8.78 Å². The van der Waals surface area contributed by atoms with Gasteiger partial charge in [-0.25, -0.2) is 5.43 Å². The minimum absolute atomic E-state index is 0.0802. The summed E-state index contributed by atoms with van der Waals surface area (Å²) in [4.78, 5) is 0. The fourth-order valence-corrected chi connectivity index (χ4v) is 1.73. The Balaban J connectivity index is 2.36. The van der Waals surface area contributed by atoms with Gasteiger partial charge in [-0.05, 0) is 12.1 Å². The van der Waals surface area contributed by atoms with Gasteiger partial charge in [0.2, 0.25) is 0 Å². The maximum Gasteiger partial charge on any atom is 0.387 e. The van der Waals surface area contributed by atoms with Crippen LogP contribution in [0.4, 0.5) is 8.78 Å². The Bertz CT molecular complexity index is 489. The maximum atomic E-state index is 12.3. The Labute approximate surface area is 102 Å². The highest BCUT2D eigenvalue weighted by atomic mass is 19.3. The molecule has 0 aliphatic rings. The van der Waals surface area contributed by atoms with E-state index in [-0.39, 0.29) is 5.75 Å². The highest BCUT2D eigenvalue weighted by Gasteiger charge is 2.19. The first kappa shape index (κ1) is 12.5. The minimum atomic E-state index is -2.88. The van der Waals surface area contributed by atoms with Crippen LogP contribution in [0.15, 0.2) is 47.3 Å². The molecule has 0 fully saturated rings. The molecule has 2 aromatic rings. The van der Waals surface area contributed by atoms with Gasteiger partial charge in [0.25, 0.3) is 0 Å². The number of halogens is 2. The van der Waals surface area contributed by atoms with Gasteiger partial charge in [0, 0.05) is 11.1 Å². The van der Waals surface area contributed by atoms with Crippen LogP contribution in [0.5, 0.6) is 5.75 Å². The van der Waals surface area contributed by atoms with Crippen LogP contribution < -0.4 is 16.0 Å². The molecule has 96 valence electrons. The number of hydrazine groups is 1. The van der Waals surface area contributed by atoms with Crippen molar-refractivity contribution in [2.24, 2.45) is 5.84 Å². The van der Waals surface area contributed by atoms with Gasteiger partial charge in [-0.2, -0.15) is 8.78 Å². The number of alkyl halides is 2. The summed E-state index contributed by atoms with van der Waals surface area (Å²) in [5.74, 6) is 5.54. The smallest absolute Gasteiger partial charge is 0.387 e. The number of rotatable bonds is 5. The van der Waals surface area contributed by atoms with Gasteiger partial charge in [-0.1, -0.05) is 18.2 Å². The normalized spacial score (nSPS) is 12.7. The summed E-state index contributed by atoms with van der Waals surface area (Å²) in [5, 5.41) is 0. The van der Waals surface area contributed by atoms with Crippen molar-refractivity contribution in [2.75, 3.05) is 0 Å². The summed E-state index contributed by atoms with van der Waals surface area (Å²) in [7, 11) is 0. The first-order valence-electron chi connectivity index (χ1n) is 5.24. The summed E-state index contributed by atoms with van der Waals surface area (Å²) in [6, 6.07) is 7.69. The molecule has 1 atom stereocenters. The van der Waals surface area contributed by atoms with Gasteiger partial charge in [-0.15, -0.1) is 0 Å². The lowest BCUT2D eigenvalue weighted by Gasteiger charge is -2.18. The molecule has 0 saturated heterocycles. The summed E-state index contributed by atoms with van der Waals surface area (Å²) in [6.07, 6.45) is 2.97. The third kappa shape index (κ3) is 2.66. The van der Waals surface area contributed by atoms with Gasteiger partial charge < -0.3 is 9.15 Å². The van der Waals surface area contributed by atoms with Gasteiger partial charge in [0.15, 0.2) is 0 Å². The van der Waals surface area contributed by atoms with Crippen molar-refractivity contribution >= 4 is 0 Å². The van der Waals surface area contributed by atoms with E-state index in [1.54, 1.807) is 24.3 Å². The van der Waals surface area contributed by atoms with Crippen LogP contribution in [0.1, 0.15) is 17.2 Å². The van der Waals surface area contributed by atoms with E-state index in [2.05, 4.69) is 10.2 Å². The Morgan fingerprint density at radius 2 is 2.00 bits per heavy atom. The van der Waals surface area contributed by atoms with Crippen LogP contribution in [0.3, 0.4) is 0 Å². The largest absolute Gasteiger partial charge is 0.472 e. The van der Waals surface area contributed by atoms with Crippen LogP contribution in [-0.2, 0) is 0 Å². The standard InChI is InChI=1S/C12H12F2N2O2/c13-12(14)18-10-4-2-1-3-9(10)11(16-15)8-5-6-17-7-8/h1-7,11-12,16H,15H2. The molecule has 0 amide bonds. The van der Waals surface area contributed by atoms with E-state index < -0.39 is 12.7 Å². The third-order valence-corrected chi connectivity index (χ3v) is 2.49. The second-order valence-electron chi connectivity index (χ2n) is 3.57. The van der Waals surface area contributed by atoms with E-state index in [4.69, 9.17) is 10.3 Å². The first-order chi connectivity index (χ1) is 8.72. The molecule has 0 spiro atoms. The molecule has 6 heteroatoms. The Morgan fingerprint density at radius 3 is 2.61 bits per heavy atom. The topological polar surface area (TPSA) is 60.4 Å². The number of furan rings is 1. The third-order valence-electron chi connectivity index (χ3n) is 2.49. The predicted molar refractivity (Wildman–Crippen MR) is 60.9 cm³/mol. The average Bonchev–Trinajstić information content (AvgIpc) is 2.85. The van der Waals surface area contributed by atoms with Crippen LogP contribution in [-0.4, -0.2) is 6.61 Å².